The van der Waals surface area contributed by atoms with Gasteiger partial charge in [0.25, 0.3) is 0 Å². The molecule has 1 aromatic carbocycles. The van der Waals surface area contributed by atoms with Crippen LogP contribution in [0.5, 0.6) is 5.75 Å². The number of ketones is 1. The lowest BCUT2D eigenvalue weighted by Gasteiger charge is -2.15. The highest BCUT2D eigenvalue weighted by molar-refractivity contribution is 6.04. The fourth-order valence-electron chi connectivity index (χ4n) is 1.61. The van der Waals surface area contributed by atoms with Gasteiger partial charge in [-0.2, -0.15) is 13.2 Å². The summed E-state index contributed by atoms with van der Waals surface area (Å²) in [4.78, 5) is 22.2. The lowest BCUT2D eigenvalue weighted by Crippen LogP contribution is -2.14. The molecule has 0 N–H and O–H groups in total. The Bertz CT molecular complexity index is 478. The maximum atomic E-state index is 12.7. The summed E-state index contributed by atoms with van der Waals surface area (Å²) in [6.45, 7) is 2.90. The van der Waals surface area contributed by atoms with Crippen molar-refractivity contribution in [2.24, 2.45) is 0 Å². The predicted octanol–water partition coefficient (Wildman–Crippen LogP) is 3.12. The van der Waals surface area contributed by atoms with Crippen molar-refractivity contribution in [3.8, 4) is 5.75 Å². The molecule has 18 heavy (non-hydrogen) atoms. The molecule has 0 radical (unpaired) electrons. The van der Waals surface area contributed by atoms with Crippen molar-refractivity contribution < 1.29 is 27.5 Å². The third kappa shape index (κ3) is 2.69. The standard InChI is InChI=1S/C12H11F3O3/c1-3-18-10-5-4-9(12(13,14)15)8(6-16)11(10)7(2)17/h4-6H,3H2,1-2H3. The fourth-order valence-corrected chi connectivity index (χ4v) is 1.61. The first-order valence-corrected chi connectivity index (χ1v) is 5.16. The van der Waals surface area contributed by atoms with Gasteiger partial charge in [-0.1, -0.05) is 0 Å². The van der Waals surface area contributed by atoms with Crippen LogP contribution in [-0.4, -0.2) is 18.7 Å². The van der Waals surface area contributed by atoms with Gasteiger partial charge in [0, 0.05) is 5.56 Å². The molecule has 0 spiro atoms. The molecule has 0 amide bonds. The van der Waals surface area contributed by atoms with Gasteiger partial charge < -0.3 is 4.74 Å². The first kappa shape index (κ1) is 14.2. The number of rotatable bonds is 4. The second kappa shape index (κ2) is 5.20. The number of aldehydes is 1. The number of benzene rings is 1. The van der Waals surface area contributed by atoms with E-state index in [0.29, 0.717) is 0 Å². The molecule has 0 saturated heterocycles. The van der Waals surface area contributed by atoms with Gasteiger partial charge in [0.1, 0.15) is 5.75 Å². The summed E-state index contributed by atoms with van der Waals surface area (Å²) in [6.07, 6.45) is -4.66. The van der Waals surface area contributed by atoms with Crippen LogP contribution in [0.1, 0.15) is 40.1 Å². The Morgan fingerprint density at radius 3 is 2.39 bits per heavy atom. The van der Waals surface area contributed by atoms with E-state index < -0.39 is 23.1 Å². The summed E-state index contributed by atoms with van der Waals surface area (Å²) in [7, 11) is 0. The zero-order valence-corrected chi connectivity index (χ0v) is 9.80. The largest absolute Gasteiger partial charge is 0.493 e. The highest BCUT2D eigenvalue weighted by Crippen LogP contribution is 2.36. The Morgan fingerprint density at radius 2 is 2.00 bits per heavy atom. The molecule has 0 aromatic heterocycles. The average Bonchev–Trinajstić information content (AvgIpc) is 2.26. The lowest BCUT2D eigenvalue weighted by atomic mass is 9.98. The van der Waals surface area contributed by atoms with E-state index in [1.807, 2.05) is 0 Å². The van der Waals surface area contributed by atoms with Crippen LogP contribution in [0.2, 0.25) is 0 Å². The quantitative estimate of drug-likeness (QED) is 0.617. The third-order valence-electron chi connectivity index (χ3n) is 2.28. The monoisotopic (exact) mass is 260 g/mol. The summed E-state index contributed by atoms with van der Waals surface area (Å²) in [5.41, 5.74) is -2.14. The Hall–Kier alpha value is -1.85. The SMILES string of the molecule is CCOc1ccc(C(F)(F)F)c(C=O)c1C(C)=O. The second-order valence-electron chi connectivity index (χ2n) is 3.50. The van der Waals surface area contributed by atoms with Crippen LogP contribution in [-0.2, 0) is 6.18 Å². The van der Waals surface area contributed by atoms with Crippen LogP contribution in [0.4, 0.5) is 13.2 Å². The molecule has 0 saturated carbocycles. The number of halogens is 3. The molecular weight excluding hydrogens is 249 g/mol. The minimum atomic E-state index is -4.69. The van der Waals surface area contributed by atoms with Crippen LogP contribution in [0, 0.1) is 0 Å². The van der Waals surface area contributed by atoms with E-state index >= 15 is 0 Å². The Labute approximate surface area is 102 Å². The summed E-state index contributed by atoms with van der Waals surface area (Å²) in [6, 6.07) is 1.79. The molecule has 0 unspecified atom stereocenters. The smallest absolute Gasteiger partial charge is 0.417 e. The number of ether oxygens (including phenoxy) is 1. The van der Waals surface area contributed by atoms with E-state index in [4.69, 9.17) is 4.74 Å². The van der Waals surface area contributed by atoms with Crippen LogP contribution in [0.3, 0.4) is 0 Å². The van der Waals surface area contributed by atoms with Crippen LogP contribution >= 0.6 is 0 Å². The number of Topliss-reactive ketones (excluding diaryl/α,β-unsaturated/α-hetero) is 1. The van der Waals surface area contributed by atoms with E-state index in [1.165, 1.54) is 0 Å². The van der Waals surface area contributed by atoms with Crippen molar-refractivity contribution in [2.75, 3.05) is 6.61 Å². The molecule has 98 valence electrons. The van der Waals surface area contributed by atoms with Crippen molar-refractivity contribution in [3.05, 3.63) is 28.8 Å². The summed E-state index contributed by atoms with van der Waals surface area (Å²) in [5.74, 6) is -0.660. The van der Waals surface area contributed by atoms with Crippen molar-refractivity contribution >= 4 is 12.1 Å². The fraction of sp³-hybridized carbons (Fsp3) is 0.333. The molecule has 3 nitrogen and oxygen atoms in total. The molecule has 6 heteroatoms. The minimum Gasteiger partial charge on any atom is -0.493 e. The van der Waals surface area contributed by atoms with Gasteiger partial charge in [-0.25, -0.2) is 0 Å². The van der Waals surface area contributed by atoms with Gasteiger partial charge in [-0.05, 0) is 26.0 Å². The minimum absolute atomic E-state index is 0.0138. The Balaban J connectivity index is 3.58. The summed E-state index contributed by atoms with van der Waals surface area (Å²) in [5, 5.41) is 0. The third-order valence-corrected chi connectivity index (χ3v) is 2.28. The molecule has 0 aliphatic rings. The number of alkyl halides is 3. The van der Waals surface area contributed by atoms with Crippen LogP contribution in [0.15, 0.2) is 12.1 Å². The Morgan fingerprint density at radius 1 is 1.39 bits per heavy atom. The molecule has 0 heterocycles. The lowest BCUT2D eigenvalue weighted by molar-refractivity contribution is -0.137. The molecule has 0 aliphatic carbocycles. The molecular formula is C12H11F3O3. The van der Waals surface area contributed by atoms with E-state index in [0.717, 1.165) is 19.1 Å². The van der Waals surface area contributed by atoms with Gasteiger partial charge >= 0.3 is 6.18 Å². The number of carbonyl (C=O) groups excluding carboxylic acids is 2. The molecule has 1 aromatic rings. The van der Waals surface area contributed by atoms with E-state index in [1.54, 1.807) is 6.92 Å². The zero-order valence-electron chi connectivity index (χ0n) is 9.80. The first-order valence-electron chi connectivity index (χ1n) is 5.16. The number of hydrogen-bond acceptors (Lipinski definition) is 3. The molecule has 0 fully saturated rings. The van der Waals surface area contributed by atoms with Crippen molar-refractivity contribution in [2.45, 2.75) is 20.0 Å². The predicted molar refractivity (Wildman–Crippen MR) is 58.0 cm³/mol. The maximum Gasteiger partial charge on any atom is 0.417 e. The normalized spacial score (nSPS) is 11.2. The second-order valence-corrected chi connectivity index (χ2v) is 3.50. The van der Waals surface area contributed by atoms with E-state index in [-0.39, 0.29) is 24.2 Å². The summed E-state index contributed by atoms with van der Waals surface area (Å²) < 4.78 is 43.1. The van der Waals surface area contributed by atoms with Gasteiger partial charge in [-0.15, -0.1) is 0 Å². The average molecular weight is 260 g/mol. The Kier molecular flexibility index (Phi) is 4.11. The van der Waals surface area contributed by atoms with E-state index in [9.17, 15) is 22.8 Å². The van der Waals surface area contributed by atoms with Gasteiger partial charge in [-0.3, -0.25) is 9.59 Å². The molecule has 0 atom stereocenters. The van der Waals surface area contributed by atoms with E-state index in [2.05, 4.69) is 0 Å². The topological polar surface area (TPSA) is 43.4 Å². The van der Waals surface area contributed by atoms with Crippen molar-refractivity contribution in [1.82, 2.24) is 0 Å². The molecule has 0 aliphatic heterocycles. The highest BCUT2D eigenvalue weighted by atomic mass is 19.4. The highest BCUT2D eigenvalue weighted by Gasteiger charge is 2.35. The van der Waals surface area contributed by atoms with Crippen LogP contribution in [0.25, 0.3) is 0 Å². The van der Waals surface area contributed by atoms with Crippen molar-refractivity contribution in [1.29, 1.82) is 0 Å². The maximum absolute atomic E-state index is 12.7. The molecule has 0 bridgehead atoms. The van der Waals surface area contributed by atoms with Gasteiger partial charge in [0.05, 0.1) is 17.7 Å². The van der Waals surface area contributed by atoms with Gasteiger partial charge in [0.2, 0.25) is 0 Å². The van der Waals surface area contributed by atoms with Gasteiger partial charge in [0.15, 0.2) is 12.1 Å². The zero-order chi connectivity index (χ0) is 13.9. The number of carbonyl (C=O) groups is 2. The molecule has 1 rings (SSSR count). The van der Waals surface area contributed by atoms with Crippen LogP contribution < -0.4 is 4.74 Å². The summed E-state index contributed by atoms with van der Waals surface area (Å²) >= 11 is 0. The van der Waals surface area contributed by atoms with Crippen molar-refractivity contribution in [3.63, 3.8) is 0 Å². The number of hydrogen-bond donors (Lipinski definition) is 0. The first-order chi connectivity index (χ1) is 8.32.